The molecule has 3 N–H and O–H groups in total. The fourth-order valence-corrected chi connectivity index (χ4v) is 2.52. The van der Waals surface area contributed by atoms with Gasteiger partial charge in [0.05, 0.1) is 21.3 Å². The van der Waals surface area contributed by atoms with Crippen molar-refractivity contribution in [1.29, 1.82) is 0 Å². The quantitative estimate of drug-likeness (QED) is 0.598. The molecule has 144 valence electrons. The van der Waals surface area contributed by atoms with E-state index in [2.05, 4.69) is 10.6 Å². The van der Waals surface area contributed by atoms with Crippen LogP contribution in [0, 0.1) is 0 Å². The van der Waals surface area contributed by atoms with Crippen LogP contribution in [0.2, 0.25) is 0 Å². The van der Waals surface area contributed by atoms with Crippen molar-refractivity contribution in [3.63, 3.8) is 0 Å². The Hall–Kier alpha value is -3.06. The average molecular weight is 372 g/mol. The molecule has 0 aliphatic heterocycles. The van der Waals surface area contributed by atoms with Crippen molar-refractivity contribution in [3.05, 3.63) is 54.1 Å². The van der Waals surface area contributed by atoms with Gasteiger partial charge in [-0.2, -0.15) is 0 Å². The number of likely N-dealkylation sites (N-methyl/N-ethyl adjacent to an activating group) is 1. The van der Waals surface area contributed by atoms with E-state index in [0.29, 0.717) is 18.0 Å². The van der Waals surface area contributed by atoms with Gasteiger partial charge in [0.2, 0.25) is 0 Å². The van der Waals surface area contributed by atoms with E-state index in [9.17, 15) is 9.59 Å². The second kappa shape index (κ2) is 10.2. The zero-order valence-corrected chi connectivity index (χ0v) is 15.9. The third-order valence-corrected chi connectivity index (χ3v) is 3.93. The summed E-state index contributed by atoms with van der Waals surface area (Å²) in [4.78, 5) is 25.0. The lowest BCUT2D eigenvalue weighted by Gasteiger charge is -2.14. The fraction of sp³-hybridized carbons (Fsp3) is 0.300. The van der Waals surface area contributed by atoms with Crippen molar-refractivity contribution in [2.45, 2.75) is 6.54 Å². The van der Waals surface area contributed by atoms with E-state index in [4.69, 9.17) is 9.47 Å². The average Bonchev–Trinajstić information content (AvgIpc) is 2.66. The number of hydrogen-bond donors (Lipinski definition) is 3. The van der Waals surface area contributed by atoms with Crippen molar-refractivity contribution in [2.75, 3.05) is 39.7 Å². The second-order valence-electron chi connectivity index (χ2n) is 6.22. The molecule has 7 nitrogen and oxygen atoms in total. The molecule has 0 aliphatic rings. The van der Waals surface area contributed by atoms with Gasteiger partial charge in [0.1, 0.15) is 11.5 Å². The normalized spacial score (nSPS) is 11.4. The summed E-state index contributed by atoms with van der Waals surface area (Å²) in [6.07, 6.45) is 0. The Bertz CT molecular complexity index is 762. The summed E-state index contributed by atoms with van der Waals surface area (Å²) in [5, 5.41) is 5.66. The van der Waals surface area contributed by atoms with Gasteiger partial charge < -0.3 is 25.0 Å². The molecule has 0 bridgehead atoms. The highest BCUT2D eigenvalue weighted by atomic mass is 16.5. The van der Waals surface area contributed by atoms with Crippen molar-refractivity contribution in [1.82, 2.24) is 5.32 Å². The molecule has 0 fully saturated rings. The van der Waals surface area contributed by atoms with E-state index in [1.807, 2.05) is 24.3 Å². The van der Waals surface area contributed by atoms with Crippen LogP contribution in [0.4, 0.5) is 5.69 Å². The first-order chi connectivity index (χ1) is 13.0. The summed E-state index contributed by atoms with van der Waals surface area (Å²) in [6, 6.07) is 14.6. The van der Waals surface area contributed by atoms with E-state index in [-0.39, 0.29) is 24.9 Å². The van der Waals surface area contributed by atoms with Crippen molar-refractivity contribution in [2.24, 2.45) is 0 Å². The molecule has 1 unspecified atom stereocenters. The van der Waals surface area contributed by atoms with Gasteiger partial charge in [-0.25, -0.2) is 0 Å². The Labute approximate surface area is 159 Å². The molecule has 2 rings (SSSR count). The molecule has 27 heavy (non-hydrogen) atoms. The summed E-state index contributed by atoms with van der Waals surface area (Å²) in [7, 11) is 4.99. The predicted octanol–water partition coefficient (Wildman–Crippen LogP) is 0.473. The Kier molecular flexibility index (Phi) is 7.63. The number of quaternary nitrogens is 1. The molecule has 2 aromatic carbocycles. The van der Waals surface area contributed by atoms with E-state index >= 15 is 0 Å². The lowest BCUT2D eigenvalue weighted by atomic mass is 10.2. The number of ether oxygens (including phenoxy) is 2. The van der Waals surface area contributed by atoms with Crippen LogP contribution in [0.5, 0.6) is 11.5 Å². The maximum Gasteiger partial charge on any atom is 0.279 e. The van der Waals surface area contributed by atoms with E-state index < -0.39 is 0 Å². The Morgan fingerprint density at radius 3 is 2.26 bits per heavy atom. The molecule has 0 radical (unpaired) electrons. The SMILES string of the molecule is COc1ccc(CNC(=O)C[NH+](C)CC(=O)Nc2cccc(OC)c2)cc1. The van der Waals surface area contributed by atoms with E-state index in [1.165, 1.54) is 0 Å². The van der Waals surface area contributed by atoms with Gasteiger partial charge >= 0.3 is 0 Å². The number of hydrogen-bond acceptors (Lipinski definition) is 4. The summed E-state index contributed by atoms with van der Waals surface area (Å²) >= 11 is 0. The smallest absolute Gasteiger partial charge is 0.279 e. The van der Waals surface area contributed by atoms with Crippen LogP contribution in [0.15, 0.2) is 48.5 Å². The molecule has 0 spiro atoms. The number of anilines is 1. The van der Waals surface area contributed by atoms with Crippen LogP contribution < -0.4 is 25.0 Å². The third kappa shape index (κ3) is 6.99. The highest BCUT2D eigenvalue weighted by Gasteiger charge is 2.14. The largest absolute Gasteiger partial charge is 0.497 e. The minimum Gasteiger partial charge on any atom is -0.497 e. The molecule has 0 aliphatic carbocycles. The molecule has 7 heteroatoms. The molecule has 2 amide bonds. The number of nitrogens with one attached hydrogen (secondary N) is 3. The molecule has 0 heterocycles. The number of carbonyl (C=O) groups excluding carboxylic acids is 2. The molecule has 0 saturated carbocycles. The lowest BCUT2D eigenvalue weighted by molar-refractivity contribution is -0.862. The maximum absolute atomic E-state index is 12.1. The van der Waals surface area contributed by atoms with Gasteiger partial charge in [-0.15, -0.1) is 0 Å². The molecule has 0 saturated heterocycles. The highest BCUT2D eigenvalue weighted by molar-refractivity contribution is 5.91. The molecular weight excluding hydrogens is 346 g/mol. The molecule has 2 aromatic rings. The first-order valence-electron chi connectivity index (χ1n) is 8.65. The highest BCUT2D eigenvalue weighted by Crippen LogP contribution is 2.16. The van der Waals surface area contributed by atoms with Crippen LogP contribution in [0.25, 0.3) is 0 Å². The Balaban J connectivity index is 1.73. The van der Waals surface area contributed by atoms with Crippen LogP contribution in [0.1, 0.15) is 5.56 Å². The summed E-state index contributed by atoms with van der Waals surface area (Å²) in [5.41, 5.74) is 1.65. The van der Waals surface area contributed by atoms with Gasteiger partial charge in [-0.1, -0.05) is 18.2 Å². The standard InChI is InChI=1S/C20H25N3O4/c1-23(14-20(25)22-16-5-4-6-18(11-16)27-3)13-19(24)21-12-15-7-9-17(26-2)10-8-15/h4-11H,12-14H2,1-3H3,(H,21,24)(H,22,25)/p+1. The van der Waals surface area contributed by atoms with E-state index in [0.717, 1.165) is 16.2 Å². The molecular formula is C20H26N3O4+. The third-order valence-electron chi connectivity index (χ3n) is 3.93. The zero-order chi connectivity index (χ0) is 19.6. The summed E-state index contributed by atoms with van der Waals surface area (Å²) < 4.78 is 10.2. The second-order valence-corrected chi connectivity index (χ2v) is 6.22. The Morgan fingerprint density at radius 1 is 0.926 bits per heavy atom. The topological polar surface area (TPSA) is 81.1 Å². The number of carbonyl (C=O) groups is 2. The molecule has 1 atom stereocenters. The first-order valence-corrected chi connectivity index (χ1v) is 8.65. The number of methoxy groups -OCH3 is 2. The first kappa shape index (κ1) is 20.3. The number of rotatable bonds is 9. The van der Waals surface area contributed by atoms with Gasteiger partial charge in [0.25, 0.3) is 11.8 Å². The fourth-order valence-electron chi connectivity index (χ4n) is 2.52. The molecule has 0 aromatic heterocycles. The van der Waals surface area contributed by atoms with Crippen LogP contribution in [-0.4, -0.2) is 46.2 Å². The van der Waals surface area contributed by atoms with Crippen LogP contribution >= 0.6 is 0 Å². The number of benzene rings is 2. The van der Waals surface area contributed by atoms with Gasteiger partial charge in [-0.3, -0.25) is 9.59 Å². The van der Waals surface area contributed by atoms with Crippen LogP contribution in [-0.2, 0) is 16.1 Å². The van der Waals surface area contributed by atoms with Gasteiger partial charge in [-0.05, 0) is 29.8 Å². The zero-order valence-electron chi connectivity index (χ0n) is 15.9. The van der Waals surface area contributed by atoms with Crippen molar-refractivity contribution < 1.29 is 24.0 Å². The van der Waals surface area contributed by atoms with Gasteiger partial charge in [0.15, 0.2) is 13.1 Å². The Morgan fingerprint density at radius 2 is 1.59 bits per heavy atom. The monoisotopic (exact) mass is 372 g/mol. The lowest BCUT2D eigenvalue weighted by Crippen LogP contribution is -3.11. The van der Waals surface area contributed by atoms with E-state index in [1.54, 1.807) is 45.5 Å². The van der Waals surface area contributed by atoms with Crippen molar-refractivity contribution >= 4 is 17.5 Å². The predicted molar refractivity (Wildman–Crippen MR) is 103 cm³/mol. The maximum atomic E-state index is 12.1. The van der Waals surface area contributed by atoms with Gasteiger partial charge in [0, 0.05) is 18.3 Å². The summed E-state index contributed by atoms with van der Waals surface area (Å²) in [6.45, 7) is 0.834. The minimum absolute atomic E-state index is 0.113. The van der Waals surface area contributed by atoms with Crippen LogP contribution in [0.3, 0.4) is 0 Å². The number of amides is 2. The minimum atomic E-state index is -0.163. The van der Waals surface area contributed by atoms with Crippen molar-refractivity contribution in [3.8, 4) is 11.5 Å². The summed E-state index contributed by atoms with van der Waals surface area (Å²) in [5.74, 6) is 1.17.